The van der Waals surface area contributed by atoms with Crippen LogP contribution in [-0.2, 0) is 33.4 Å². The third-order valence-electron chi connectivity index (χ3n) is 8.38. The molecule has 0 saturated heterocycles. The van der Waals surface area contributed by atoms with Gasteiger partial charge in [0.15, 0.2) is 17.3 Å². The molecule has 0 unspecified atom stereocenters. The second-order valence-electron chi connectivity index (χ2n) is 10.6. The summed E-state index contributed by atoms with van der Waals surface area (Å²) in [6.07, 6.45) is 4.21. The van der Waals surface area contributed by atoms with Crippen molar-refractivity contribution in [2.45, 2.75) is 51.9 Å². The number of ether oxygens (including phenoxy) is 3. The highest BCUT2D eigenvalue weighted by atomic mass is 16.7. The third-order valence-corrected chi connectivity index (χ3v) is 8.38. The van der Waals surface area contributed by atoms with Crippen LogP contribution < -0.4 is 0 Å². The zero-order valence-corrected chi connectivity index (χ0v) is 22.4. The number of hydrogen-bond acceptors (Lipinski definition) is 9. The highest BCUT2D eigenvalue weighted by Crippen LogP contribution is 2.61. The molecule has 4 rings (SSSR count). The Morgan fingerprint density at radius 2 is 1.87 bits per heavy atom. The summed E-state index contributed by atoms with van der Waals surface area (Å²) in [7, 11) is 1.51. The topological polar surface area (TPSA) is 119 Å². The fraction of sp³-hybridized carbons (Fsp3) is 0.517. The van der Waals surface area contributed by atoms with Crippen molar-refractivity contribution in [2.75, 3.05) is 26.8 Å². The van der Waals surface area contributed by atoms with Crippen molar-refractivity contribution in [3.8, 4) is 0 Å². The van der Waals surface area contributed by atoms with Gasteiger partial charge in [-0.05, 0) is 13.3 Å². The van der Waals surface area contributed by atoms with Gasteiger partial charge in [-0.1, -0.05) is 19.1 Å². The monoisotopic (exact) mass is 525 g/mol. The molecule has 0 aromatic heterocycles. The van der Waals surface area contributed by atoms with E-state index in [9.17, 15) is 24.3 Å². The number of aliphatic hydroxyl groups excluding tert-OH is 1. The molecule has 2 fully saturated rings. The fourth-order valence-corrected chi connectivity index (χ4v) is 6.58. The van der Waals surface area contributed by atoms with Crippen LogP contribution in [0.1, 0.15) is 40.0 Å². The van der Waals surface area contributed by atoms with Crippen LogP contribution >= 0.6 is 0 Å². The Balaban J connectivity index is 2.02. The minimum absolute atomic E-state index is 0.0571. The van der Waals surface area contributed by atoms with Crippen LogP contribution in [0.3, 0.4) is 0 Å². The van der Waals surface area contributed by atoms with Crippen LogP contribution in [0.5, 0.6) is 0 Å². The highest BCUT2D eigenvalue weighted by molar-refractivity contribution is 6.15. The first-order chi connectivity index (χ1) is 17.9. The van der Waals surface area contributed by atoms with Crippen LogP contribution in [0, 0.1) is 17.3 Å². The zero-order chi connectivity index (χ0) is 28.0. The van der Waals surface area contributed by atoms with Crippen LogP contribution in [0.4, 0.5) is 0 Å². The molecule has 0 amide bonds. The van der Waals surface area contributed by atoms with Crippen molar-refractivity contribution in [3.63, 3.8) is 0 Å². The Hall–Kier alpha value is -3.30. The van der Waals surface area contributed by atoms with Crippen molar-refractivity contribution in [1.82, 2.24) is 4.90 Å². The summed E-state index contributed by atoms with van der Waals surface area (Å²) in [6, 6.07) is 0. The van der Waals surface area contributed by atoms with E-state index in [1.807, 2.05) is 6.92 Å². The van der Waals surface area contributed by atoms with Gasteiger partial charge in [0.2, 0.25) is 12.1 Å². The molecule has 1 heterocycles. The SMILES string of the molecule is C=CCN(/C=C1/C(=O)C[C@H](COC)[C@]2(C)C1=C(O)C(=O)C1=C2[C@@H](OC(C)=O)O[C@]2(C)C(=O)CC[C@H]12)CC=C. The normalized spacial score (nSPS) is 33.6. The summed E-state index contributed by atoms with van der Waals surface area (Å²) >= 11 is 0. The van der Waals surface area contributed by atoms with Crippen LogP contribution in [0.2, 0.25) is 0 Å². The number of methoxy groups -OCH3 is 1. The molecule has 1 aliphatic heterocycles. The predicted molar refractivity (Wildman–Crippen MR) is 138 cm³/mol. The molecule has 2 saturated carbocycles. The number of hydrogen-bond donors (Lipinski definition) is 1. The van der Waals surface area contributed by atoms with Crippen LogP contribution in [0.15, 0.2) is 59.6 Å². The number of carbonyl (C=O) groups excluding carboxylic acids is 4. The first kappa shape index (κ1) is 27.7. The number of nitrogens with zero attached hydrogens (tertiary/aromatic N) is 1. The summed E-state index contributed by atoms with van der Waals surface area (Å²) in [4.78, 5) is 54.4. The van der Waals surface area contributed by atoms with E-state index in [4.69, 9.17) is 14.2 Å². The molecule has 3 aliphatic carbocycles. The van der Waals surface area contributed by atoms with Gasteiger partial charge in [0.05, 0.1) is 6.61 Å². The van der Waals surface area contributed by atoms with Gasteiger partial charge in [-0.2, -0.15) is 0 Å². The lowest BCUT2D eigenvalue weighted by Gasteiger charge is -2.53. The Bertz CT molecular complexity index is 1200. The van der Waals surface area contributed by atoms with E-state index in [1.54, 1.807) is 30.2 Å². The van der Waals surface area contributed by atoms with Crippen molar-refractivity contribution < 1.29 is 38.5 Å². The molecule has 38 heavy (non-hydrogen) atoms. The number of carbonyl (C=O) groups is 4. The first-order valence-corrected chi connectivity index (χ1v) is 12.8. The number of fused-ring (bicyclic) bond motifs is 4. The predicted octanol–water partition coefficient (Wildman–Crippen LogP) is 3.13. The number of rotatable bonds is 8. The smallest absolute Gasteiger partial charge is 0.305 e. The molecular weight excluding hydrogens is 490 g/mol. The van der Waals surface area contributed by atoms with E-state index < -0.39 is 46.7 Å². The zero-order valence-electron chi connectivity index (χ0n) is 22.4. The van der Waals surface area contributed by atoms with E-state index in [2.05, 4.69) is 13.2 Å². The maximum atomic E-state index is 13.9. The van der Waals surface area contributed by atoms with E-state index >= 15 is 0 Å². The van der Waals surface area contributed by atoms with Gasteiger partial charge in [0.1, 0.15) is 5.60 Å². The first-order valence-electron chi connectivity index (χ1n) is 12.8. The number of allylic oxidation sites excluding steroid dienone is 3. The molecule has 0 spiro atoms. The largest absolute Gasteiger partial charge is 0.504 e. The number of ketones is 3. The Morgan fingerprint density at radius 3 is 2.45 bits per heavy atom. The minimum atomic E-state index is -1.38. The quantitative estimate of drug-likeness (QED) is 0.290. The molecule has 9 nitrogen and oxygen atoms in total. The third kappa shape index (κ3) is 4.08. The van der Waals surface area contributed by atoms with Gasteiger partial charge in [0, 0.05) is 85.7 Å². The van der Waals surface area contributed by atoms with Gasteiger partial charge in [0.25, 0.3) is 0 Å². The van der Waals surface area contributed by atoms with E-state index in [0.717, 1.165) is 0 Å². The average molecular weight is 526 g/mol. The number of Topliss-reactive ketones (excluding diaryl/α,β-unsaturated/α-hetero) is 3. The van der Waals surface area contributed by atoms with Gasteiger partial charge in [-0.15, -0.1) is 13.2 Å². The molecule has 0 radical (unpaired) electrons. The maximum absolute atomic E-state index is 13.9. The average Bonchev–Trinajstić information content (AvgIpc) is 3.13. The molecule has 1 N–H and O–H groups in total. The lowest BCUT2D eigenvalue weighted by Crippen LogP contribution is -2.57. The summed E-state index contributed by atoms with van der Waals surface area (Å²) in [6.45, 7) is 13.1. The fourth-order valence-electron chi connectivity index (χ4n) is 6.58. The maximum Gasteiger partial charge on any atom is 0.305 e. The Labute approximate surface area is 222 Å². The van der Waals surface area contributed by atoms with Gasteiger partial charge >= 0.3 is 5.97 Å². The Kier molecular flexibility index (Phi) is 7.38. The number of esters is 1. The summed E-state index contributed by atoms with van der Waals surface area (Å²) in [5, 5.41) is 11.5. The van der Waals surface area contributed by atoms with Gasteiger partial charge in [-0.3, -0.25) is 19.2 Å². The lowest BCUT2D eigenvalue weighted by atomic mass is 9.53. The molecule has 0 bridgehead atoms. The Morgan fingerprint density at radius 1 is 1.21 bits per heavy atom. The second-order valence-corrected chi connectivity index (χ2v) is 10.6. The molecule has 5 atom stereocenters. The van der Waals surface area contributed by atoms with E-state index in [1.165, 1.54) is 14.0 Å². The lowest BCUT2D eigenvalue weighted by molar-refractivity contribution is -0.212. The molecule has 9 heteroatoms. The summed E-state index contributed by atoms with van der Waals surface area (Å²) in [5.74, 6) is -3.49. The summed E-state index contributed by atoms with van der Waals surface area (Å²) in [5.41, 5.74) is -1.65. The molecule has 4 aliphatic rings. The van der Waals surface area contributed by atoms with Crippen molar-refractivity contribution >= 4 is 23.3 Å². The van der Waals surface area contributed by atoms with Crippen molar-refractivity contribution in [1.29, 1.82) is 0 Å². The highest BCUT2D eigenvalue weighted by Gasteiger charge is 2.64. The standard InChI is InChI=1S/C29H35NO8/c1-7-11-30(12-8-2)14-18-20(32)13-17(15-36-6)28(4)23(18)26(35)25(34)22-19-9-10-21(33)29(19,5)38-27(24(22)28)37-16(3)31/h7-8,14,17,19,27,35H,1-2,9-13,15H2,3-6H3/b18-14-/t17-,19-,27+,28-,29+/m1/s1. The van der Waals surface area contributed by atoms with E-state index in [0.29, 0.717) is 25.1 Å². The van der Waals surface area contributed by atoms with Crippen molar-refractivity contribution in [2.24, 2.45) is 17.3 Å². The summed E-state index contributed by atoms with van der Waals surface area (Å²) < 4.78 is 17.4. The molecule has 204 valence electrons. The van der Waals surface area contributed by atoms with Crippen LogP contribution in [-0.4, -0.2) is 72.0 Å². The molecule has 0 aromatic rings. The van der Waals surface area contributed by atoms with Gasteiger partial charge < -0.3 is 24.2 Å². The minimum Gasteiger partial charge on any atom is -0.504 e. The molecule has 0 aromatic carbocycles. The number of aliphatic hydroxyl groups is 1. The van der Waals surface area contributed by atoms with E-state index in [-0.39, 0.29) is 47.7 Å². The van der Waals surface area contributed by atoms with Gasteiger partial charge in [-0.25, -0.2) is 0 Å². The van der Waals surface area contributed by atoms with Crippen LogP contribution in [0.25, 0.3) is 0 Å². The second kappa shape index (κ2) is 10.1. The van der Waals surface area contributed by atoms with Crippen molar-refractivity contribution in [3.05, 3.63) is 59.6 Å². The molecular formula is C29H35NO8.